The van der Waals surface area contributed by atoms with Gasteiger partial charge < -0.3 is 9.64 Å². The fourth-order valence-corrected chi connectivity index (χ4v) is 4.00. The Labute approximate surface area is 147 Å². The van der Waals surface area contributed by atoms with Crippen LogP contribution in [0.15, 0.2) is 47.9 Å². The van der Waals surface area contributed by atoms with Crippen molar-refractivity contribution < 1.29 is 17.9 Å². The average molecular weight is 351 g/mol. The summed E-state index contributed by atoms with van der Waals surface area (Å²) in [6.45, 7) is 4.27. The Hall–Kier alpha value is -1.91. The number of benzene rings is 1. The van der Waals surface area contributed by atoms with Gasteiger partial charge in [-0.25, -0.2) is 0 Å². The lowest BCUT2D eigenvalue weighted by Gasteiger charge is -2.51. The Morgan fingerprint density at radius 1 is 1.20 bits per heavy atom. The van der Waals surface area contributed by atoms with Crippen molar-refractivity contribution in [3.63, 3.8) is 0 Å². The van der Waals surface area contributed by atoms with Crippen LogP contribution in [0.3, 0.4) is 0 Å². The SMILES string of the molecule is COC1=CCC2C(=C1)N(C)C(C)(C)CC2c1cccc(C(F)(F)F)c1. The molecule has 25 heavy (non-hydrogen) atoms. The third kappa shape index (κ3) is 3.29. The zero-order valence-electron chi connectivity index (χ0n) is 15.0. The molecule has 1 aliphatic heterocycles. The Balaban J connectivity index is 2.03. The first-order valence-corrected chi connectivity index (χ1v) is 8.50. The Kier molecular flexibility index (Phi) is 4.38. The molecular weight excluding hydrogens is 327 g/mol. The fourth-order valence-electron chi connectivity index (χ4n) is 4.00. The molecule has 1 aliphatic carbocycles. The topological polar surface area (TPSA) is 12.5 Å². The number of hydrogen-bond donors (Lipinski definition) is 0. The number of allylic oxidation sites excluding steroid dienone is 3. The number of fused-ring (bicyclic) bond motifs is 1. The van der Waals surface area contributed by atoms with Gasteiger partial charge in [0.2, 0.25) is 0 Å². The summed E-state index contributed by atoms with van der Waals surface area (Å²) in [4.78, 5) is 2.24. The highest BCUT2D eigenvalue weighted by molar-refractivity contribution is 5.36. The van der Waals surface area contributed by atoms with Gasteiger partial charge >= 0.3 is 6.18 Å². The van der Waals surface area contributed by atoms with Crippen molar-refractivity contribution in [3.05, 3.63) is 59.0 Å². The number of ether oxygens (including phenoxy) is 1. The molecule has 1 heterocycles. The van der Waals surface area contributed by atoms with Gasteiger partial charge in [0, 0.05) is 24.2 Å². The van der Waals surface area contributed by atoms with Gasteiger partial charge in [0.05, 0.1) is 12.7 Å². The highest BCUT2D eigenvalue weighted by Gasteiger charge is 2.43. The van der Waals surface area contributed by atoms with Gasteiger partial charge in [-0.1, -0.05) is 18.2 Å². The van der Waals surface area contributed by atoms with Crippen LogP contribution in [0.1, 0.15) is 43.7 Å². The third-order valence-electron chi connectivity index (χ3n) is 5.62. The molecule has 2 unspecified atom stereocenters. The van der Waals surface area contributed by atoms with Gasteiger partial charge in [-0.05, 0) is 56.4 Å². The molecule has 0 spiro atoms. The monoisotopic (exact) mass is 351 g/mol. The van der Waals surface area contributed by atoms with Crippen molar-refractivity contribution in [2.24, 2.45) is 5.92 Å². The molecule has 0 amide bonds. The maximum atomic E-state index is 13.1. The van der Waals surface area contributed by atoms with Crippen molar-refractivity contribution in [1.82, 2.24) is 4.90 Å². The highest BCUT2D eigenvalue weighted by Crippen LogP contribution is 2.49. The van der Waals surface area contributed by atoms with Crippen LogP contribution in [0.5, 0.6) is 0 Å². The fraction of sp³-hybridized carbons (Fsp3) is 0.500. The van der Waals surface area contributed by atoms with E-state index in [1.807, 2.05) is 18.2 Å². The van der Waals surface area contributed by atoms with E-state index in [1.54, 1.807) is 7.11 Å². The molecular formula is C20H24F3NO. The summed E-state index contributed by atoms with van der Waals surface area (Å²) in [6.07, 6.45) is 1.32. The summed E-state index contributed by atoms with van der Waals surface area (Å²) in [5.41, 5.74) is 1.19. The van der Waals surface area contributed by atoms with E-state index in [9.17, 15) is 13.2 Å². The highest BCUT2D eigenvalue weighted by atomic mass is 19.4. The lowest BCUT2D eigenvalue weighted by atomic mass is 9.69. The maximum Gasteiger partial charge on any atom is 0.416 e. The van der Waals surface area contributed by atoms with E-state index in [-0.39, 0.29) is 17.4 Å². The molecule has 0 aromatic heterocycles. The molecule has 2 nitrogen and oxygen atoms in total. The molecule has 1 aromatic carbocycles. The number of alkyl halides is 3. The van der Waals surface area contributed by atoms with Crippen molar-refractivity contribution >= 4 is 0 Å². The number of hydrogen-bond acceptors (Lipinski definition) is 2. The van der Waals surface area contributed by atoms with Crippen LogP contribution in [-0.4, -0.2) is 24.6 Å². The normalized spacial score (nSPS) is 25.8. The number of methoxy groups -OCH3 is 1. The average Bonchev–Trinajstić information content (AvgIpc) is 2.57. The van der Waals surface area contributed by atoms with Crippen LogP contribution in [-0.2, 0) is 10.9 Å². The Morgan fingerprint density at radius 3 is 2.56 bits per heavy atom. The van der Waals surface area contributed by atoms with Gasteiger partial charge in [0.15, 0.2) is 0 Å². The first-order chi connectivity index (χ1) is 11.6. The molecule has 2 atom stereocenters. The molecule has 2 aliphatic rings. The summed E-state index contributed by atoms with van der Waals surface area (Å²) in [5, 5.41) is 0. The van der Waals surface area contributed by atoms with E-state index >= 15 is 0 Å². The molecule has 0 saturated carbocycles. The van der Waals surface area contributed by atoms with Crippen molar-refractivity contribution in [2.75, 3.05) is 14.2 Å². The van der Waals surface area contributed by atoms with E-state index in [1.165, 1.54) is 12.1 Å². The Morgan fingerprint density at radius 2 is 1.92 bits per heavy atom. The molecule has 136 valence electrons. The molecule has 5 heteroatoms. The van der Waals surface area contributed by atoms with Crippen LogP contribution in [0.2, 0.25) is 0 Å². The van der Waals surface area contributed by atoms with Crippen molar-refractivity contribution in [2.45, 2.75) is 44.3 Å². The predicted molar refractivity (Wildman–Crippen MR) is 91.9 cm³/mol. The summed E-state index contributed by atoms with van der Waals surface area (Å²) < 4.78 is 44.8. The molecule has 0 radical (unpaired) electrons. The number of piperidine rings is 1. The van der Waals surface area contributed by atoms with Crippen LogP contribution in [0.25, 0.3) is 0 Å². The Bertz CT molecular complexity index is 718. The van der Waals surface area contributed by atoms with Crippen LogP contribution >= 0.6 is 0 Å². The first kappa shape index (κ1) is 17.9. The number of nitrogens with zero attached hydrogens (tertiary/aromatic N) is 1. The van der Waals surface area contributed by atoms with E-state index in [0.717, 1.165) is 35.9 Å². The zero-order valence-corrected chi connectivity index (χ0v) is 15.0. The minimum absolute atomic E-state index is 0.0504. The van der Waals surface area contributed by atoms with E-state index in [0.29, 0.717) is 0 Å². The number of likely N-dealkylation sites (tertiary alicyclic amines) is 1. The lowest BCUT2D eigenvalue weighted by molar-refractivity contribution is -0.137. The molecule has 0 N–H and O–H groups in total. The molecule has 0 bridgehead atoms. The first-order valence-electron chi connectivity index (χ1n) is 8.50. The van der Waals surface area contributed by atoms with E-state index in [2.05, 4.69) is 25.8 Å². The largest absolute Gasteiger partial charge is 0.497 e. The molecule has 1 aromatic rings. The lowest BCUT2D eigenvalue weighted by Crippen LogP contribution is -2.49. The predicted octanol–water partition coefficient (Wildman–Crippen LogP) is 5.34. The summed E-state index contributed by atoms with van der Waals surface area (Å²) in [7, 11) is 3.70. The summed E-state index contributed by atoms with van der Waals surface area (Å²) >= 11 is 0. The van der Waals surface area contributed by atoms with Crippen LogP contribution in [0.4, 0.5) is 13.2 Å². The smallest absolute Gasteiger partial charge is 0.416 e. The van der Waals surface area contributed by atoms with E-state index < -0.39 is 11.7 Å². The summed E-state index contributed by atoms with van der Waals surface area (Å²) in [5.74, 6) is 1.04. The zero-order chi connectivity index (χ0) is 18.4. The third-order valence-corrected chi connectivity index (χ3v) is 5.62. The van der Waals surface area contributed by atoms with Gasteiger partial charge in [-0.3, -0.25) is 0 Å². The van der Waals surface area contributed by atoms with Gasteiger partial charge in [0.25, 0.3) is 0 Å². The maximum absolute atomic E-state index is 13.1. The van der Waals surface area contributed by atoms with Gasteiger partial charge in [-0.2, -0.15) is 13.2 Å². The second-order valence-electron chi connectivity index (χ2n) is 7.53. The van der Waals surface area contributed by atoms with Crippen molar-refractivity contribution in [3.8, 4) is 0 Å². The minimum Gasteiger partial charge on any atom is -0.497 e. The van der Waals surface area contributed by atoms with E-state index in [4.69, 9.17) is 4.74 Å². The quantitative estimate of drug-likeness (QED) is 0.713. The van der Waals surface area contributed by atoms with Crippen LogP contribution < -0.4 is 0 Å². The summed E-state index contributed by atoms with van der Waals surface area (Å²) in [6, 6.07) is 5.81. The standard InChI is InChI=1S/C20H24F3NO/c1-19(2)12-17(13-6-5-7-14(10-13)20(21,22)23)16-9-8-15(25-4)11-18(16)24(19)3/h5-8,10-11,16-17H,9,12H2,1-4H3. The molecule has 3 rings (SSSR count). The second kappa shape index (κ2) is 6.11. The van der Waals surface area contributed by atoms with Gasteiger partial charge in [0.1, 0.15) is 5.76 Å². The minimum atomic E-state index is -4.31. The van der Waals surface area contributed by atoms with Crippen molar-refractivity contribution in [1.29, 1.82) is 0 Å². The second-order valence-corrected chi connectivity index (χ2v) is 7.53. The number of rotatable bonds is 2. The number of halogens is 3. The molecule has 1 fully saturated rings. The van der Waals surface area contributed by atoms with Crippen LogP contribution in [0, 0.1) is 5.92 Å². The van der Waals surface area contributed by atoms with Gasteiger partial charge in [-0.15, -0.1) is 0 Å². The molecule has 1 saturated heterocycles.